The molecule has 0 spiro atoms. The molecule has 0 aliphatic carbocycles. The van der Waals surface area contributed by atoms with E-state index < -0.39 is 0 Å². The number of benzene rings is 1. The number of halogens is 1. The molecule has 0 aliphatic rings. The van der Waals surface area contributed by atoms with Crippen LogP contribution in [0.4, 0.5) is 5.69 Å². The van der Waals surface area contributed by atoms with Gasteiger partial charge >= 0.3 is 0 Å². The number of aromatic nitrogens is 4. The number of anilines is 1. The Hall–Kier alpha value is -3.00. The highest BCUT2D eigenvalue weighted by Gasteiger charge is 2.21. The van der Waals surface area contributed by atoms with Gasteiger partial charge in [0, 0.05) is 0 Å². The van der Waals surface area contributed by atoms with E-state index in [2.05, 4.69) is 15.5 Å². The maximum atomic E-state index is 12.9. The van der Waals surface area contributed by atoms with Gasteiger partial charge < -0.3 is 14.8 Å². The van der Waals surface area contributed by atoms with Crippen LogP contribution in [0.5, 0.6) is 11.5 Å². The zero-order valence-electron chi connectivity index (χ0n) is 19.6. The van der Waals surface area contributed by atoms with E-state index in [0.29, 0.717) is 29.6 Å². The Morgan fingerprint density at radius 2 is 1.69 bits per heavy atom. The van der Waals surface area contributed by atoms with E-state index in [-0.39, 0.29) is 11.8 Å². The van der Waals surface area contributed by atoms with Crippen LogP contribution >= 0.6 is 11.6 Å². The molecular formula is C23H30ClN5O3. The Kier molecular flexibility index (Phi) is 7.13. The van der Waals surface area contributed by atoms with Crippen molar-refractivity contribution < 1.29 is 14.3 Å². The van der Waals surface area contributed by atoms with E-state index >= 15 is 0 Å². The van der Waals surface area contributed by atoms with E-state index in [0.717, 1.165) is 34.0 Å². The van der Waals surface area contributed by atoms with Crippen LogP contribution in [0, 0.1) is 33.6 Å². The molecule has 1 unspecified atom stereocenters. The van der Waals surface area contributed by atoms with Crippen molar-refractivity contribution in [2.24, 2.45) is 5.92 Å². The molecule has 1 amide bonds. The third-order valence-electron chi connectivity index (χ3n) is 5.60. The first kappa shape index (κ1) is 23.7. The van der Waals surface area contributed by atoms with Gasteiger partial charge in [0.15, 0.2) is 11.5 Å². The largest absolute Gasteiger partial charge is 0.493 e. The van der Waals surface area contributed by atoms with Crippen molar-refractivity contribution in [3.05, 3.63) is 51.6 Å². The minimum atomic E-state index is -0.294. The number of hydrogen-bond donors (Lipinski definition) is 1. The average molecular weight is 460 g/mol. The lowest BCUT2D eigenvalue weighted by Crippen LogP contribution is -2.25. The number of rotatable bonds is 8. The maximum Gasteiger partial charge on any atom is 0.229 e. The van der Waals surface area contributed by atoms with E-state index in [1.165, 1.54) is 0 Å². The predicted molar refractivity (Wildman–Crippen MR) is 125 cm³/mol. The summed E-state index contributed by atoms with van der Waals surface area (Å²) in [5, 5.41) is 12.7. The molecule has 172 valence electrons. The third-order valence-corrected chi connectivity index (χ3v) is 6.14. The monoisotopic (exact) mass is 459 g/mol. The van der Waals surface area contributed by atoms with Crippen LogP contribution in [0.3, 0.4) is 0 Å². The summed E-state index contributed by atoms with van der Waals surface area (Å²) in [6.45, 7) is 10.5. The first-order valence-electron chi connectivity index (χ1n) is 10.4. The SMILES string of the molecule is COc1ccc(Cn2nc(C)c(NC(=O)C(C)Cn3nc(C)c(Cl)c3C)c2C)cc1OC. The average Bonchev–Trinajstić information content (AvgIpc) is 3.17. The molecular weight excluding hydrogens is 430 g/mol. The van der Waals surface area contributed by atoms with Gasteiger partial charge in [0.05, 0.1) is 66.7 Å². The van der Waals surface area contributed by atoms with Crippen LogP contribution in [0.1, 0.15) is 35.3 Å². The standard InChI is InChI=1S/C23H30ClN5O3/c1-13(11-28-16(4)21(24)14(2)26-28)23(30)25-22-15(3)27-29(17(22)5)12-18-8-9-19(31-6)20(10-18)32-7/h8-10,13H,11-12H2,1-7H3,(H,25,30). The maximum absolute atomic E-state index is 12.9. The molecule has 0 radical (unpaired) electrons. The molecule has 32 heavy (non-hydrogen) atoms. The Labute approximate surface area is 193 Å². The summed E-state index contributed by atoms with van der Waals surface area (Å²) in [6, 6.07) is 5.77. The second-order valence-corrected chi connectivity index (χ2v) is 8.33. The van der Waals surface area contributed by atoms with Crippen LogP contribution in [0.25, 0.3) is 0 Å². The van der Waals surface area contributed by atoms with Gasteiger partial charge in [-0.25, -0.2) is 0 Å². The number of ether oxygens (including phenoxy) is 2. The summed E-state index contributed by atoms with van der Waals surface area (Å²) >= 11 is 6.23. The molecule has 3 rings (SSSR count). The molecule has 0 saturated heterocycles. The third kappa shape index (κ3) is 4.75. The summed E-state index contributed by atoms with van der Waals surface area (Å²) in [4.78, 5) is 12.9. The van der Waals surface area contributed by atoms with Crippen LogP contribution < -0.4 is 14.8 Å². The van der Waals surface area contributed by atoms with Gasteiger partial charge in [-0.2, -0.15) is 10.2 Å². The Morgan fingerprint density at radius 3 is 2.28 bits per heavy atom. The zero-order chi connectivity index (χ0) is 23.6. The van der Waals surface area contributed by atoms with Gasteiger partial charge in [-0.1, -0.05) is 24.6 Å². The van der Waals surface area contributed by atoms with Gasteiger partial charge in [0.1, 0.15) is 0 Å². The van der Waals surface area contributed by atoms with Gasteiger partial charge in [-0.05, 0) is 45.4 Å². The van der Waals surface area contributed by atoms with Crippen molar-refractivity contribution in [3.63, 3.8) is 0 Å². The minimum absolute atomic E-state index is 0.0921. The number of amides is 1. The first-order valence-corrected chi connectivity index (χ1v) is 10.8. The highest BCUT2D eigenvalue weighted by molar-refractivity contribution is 6.31. The van der Waals surface area contributed by atoms with E-state index in [1.54, 1.807) is 18.9 Å². The molecule has 1 N–H and O–H groups in total. The lowest BCUT2D eigenvalue weighted by Gasteiger charge is -2.14. The van der Waals surface area contributed by atoms with Crippen LogP contribution in [-0.2, 0) is 17.9 Å². The fourth-order valence-electron chi connectivity index (χ4n) is 3.63. The summed E-state index contributed by atoms with van der Waals surface area (Å²) in [5.41, 5.74) is 5.01. The number of nitrogens with one attached hydrogen (secondary N) is 1. The van der Waals surface area contributed by atoms with Gasteiger partial charge in [-0.3, -0.25) is 14.2 Å². The van der Waals surface area contributed by atoms with Crippen molar-refractivity contribution in [2.75, 3.05) is 19.5 Å². The fourth-order valence-corrected chi connectivity index (χ4v) is 3.76. The number of carbonyl (C=O) groups is 1. The summed E-state index contributed by atoms with van der Waals surface area (Å²) < 4.78 is 14.3. The van der Waals surface area contributed by atoms with Crippen LogP contribution in [0.2, 0.25) is 5.02 Å². The van der Waals surface area contributed by atoms with Crippen molar-refractivity contribution in [2.45, 2.75) is 47.7 Å². The fraction of sp³-hybridized carbons (Fsp3) is 0.435. The molecule has 2 aromatic heterocycles. The quantitative estimate of drug-likeness (QED) is 0.542. The predicted octanol–water partition coefficient (Wildman–Crippen LogP) is 4.31. The molecule has 9 heteroatoms. The van der Waals surface area contributed by atoms with Gasteiger partial charge in [0.2, 0.25) is 5.91 Å². The zero-order valence-corrected chi connectivity index (χ0v) is 20.4. The van der Waals surface area contributed by atoms with Crippen molar-refractivity contribution in [1.29, 1.82) is 0 Å². The van der Waals surface area contributed by atoms with Gasteiger partial charge in [-0.15, -0.1) is 0 Å². The normalized spacial score (nSPS) is 12.0. The molecule has 2 heterocycles. The molecule has 1 atom stereocenters. The van der Waals surface area contributed by atoms with Gasteiger partial charge in [0.25, 0.3) is 0 Å². The van der Waals surface area contributed by atoms with Crippen LogP contribution in [-0.4, -0.2) is 39.7 Å². The second kappa shape index (κ2) is 9.65. The van der Waals surface area contributed by atoms with E-state index in [1.807, 2.05) is 57.5 Å². The smallest absolute Gasteiger partial charge is 0.229 e. The van der Waals surface area contributed by atoms with E-state index in [4.69, 9.17) is 21.1 Å². The molecule has 3 aromatic rings. The van der Waals surface area contributed by atoms with Crippen LogP contribution in [0.15, 0.2) is 18.2 Å². The summed E-state index contributed by atoms with van der Waals surface area (Å²) in [7, 11) is 3.22. The molecule has 0 bridgehead atoms. The Balaban J connectivity index is 1.74. The lowest BCUT2D eigenvalue weighted by atomic mass is 10.1. The highest BCUT2D eigenvalue weighted by atomic mass is 35.5. The minimum Gasteiger partial charge on any atom is -0.493 e. The topological polar surface area (TPSA) is 83.2 Å². The van der Waals surface area contributed by atoms with E-state index in [9.17, 15) is 4.79 Å². The summed E-state index contributed by atoms with van der Waals surface area (Å²) in [5.74, 6) is 0.955. The number of nitrogens with zero attached hydrogens (tertiary/aromatic N) is 4. The second-order valence-electron chi connectivity index (χ2n) is 7.95. The molecule has 0 aliphatic heterocycles. The number of carbonyl (C=O) groups excluding carboxylic acids is 1. The number of hydrogen-bond acceptors (Lipinski definition) is 5. The number of aryl methyl sites for hydroxylation is 2. The Morgan fingerprint density at radius 1 is 1.03 bits per heavy atom. The molecule has 0 fully saturated rings. The lowest BCUT2D eigenvalue weighted by molar-refractivity contribution is -0.119. The van der Waals surface area contributed by atoms with Crippen molar-refractivity contribution in [1.82, 2.24) is 19.6 Å². The first-order chi connectivity index (χ1) is 15.2. The molecule has 0 saturated carbocycles. The van der Waals surface area contributed by atoms with Crippen molar-refractivity contribution >= 4 is 23.2 Å². The number of methoxy groups -OCH3 is 2. The summed E-state index contributed by atoms with van der Waals surface area (Å²) in [6.07, 6.45) is 0. The Bertz CT molecular complexity index is 1140. The molecule has 8 nitrogen and oxygen atoms in total. The highest BCUT2D eigenvalue weighted by Crippen LogP contribution is 2.29. The van der Waals surface area contributed by atoms with Crippen molar-refractivity contribution in [3.8, 4) is 11.5 Å². The molecule has 1 aromatic carbocycles.